The van der Waals surface area contributed by atoms with Gasteiger partial charge in [0.05, 0.1) is 6.04 Å². The topological polar surface area (TPSA) is 154 Å². The standard InChI is InChI=1S/C32H49N5O6/c1-9-14-33-28(41)25(39)22(17-10-11-17)34-27(40)23-20-19(32(20,7)8)15-37(23)29(42)26(31(4,5)6)36-30(43)35-21(16(2)3)24(38)18-12-13-18/h9,16-23,26H,1,10-15H2,2-8H3,(H,33,41)(H,34,40)(H2,35,36,43)/t19-,20-,21-,22?,23-,26+/m0/s1. The van der Waals surface area contributed by atoms with Crippen LogP contribution in [0.5, 0.6) is 0 Å². The van der Waals surface area contributed by atoms with E-state index in [1.54, 1.807) is 0 Å². The van der Waals surface area contributed by atoms with Gasteiger partial charge < -0.3 is 26.2 Å². The average Bonchev–Trinajstić information content (AvgIpc) is 3.86. The van der Waals surface area contributed by atoms with Crippen molar-refractivity contribution in [2.45, 2.75) is 98.3 Å². The first-order valence-corrected chi connectivity index (χ1v) is 15.6. The van der Waals surface area contributed by atoms with Crippen LogP contribution in [0.15, 0.2) is 12.7 Å². The number of rotatable bonds is 13. The minimum Gasteiger partial charge on any atom is -0.346 e. The summed E-state index contributed by atoms with van der Waals surface area (Å²) in [6.45, 7) is 17.4. The second-order valence-corrected chi connectivity index (χ2v) is 14.9. The summed E-state index contributed by atoms with van der Waals surface area (Å²) in [4.78, 5) is 81.0. The average molecular weight is 600 g/mol. The van der Waals surface area contributed by atoms with Gasteiger partial charge in [-0.3, -0.25) is 24.0 Å². The maximum Gasteiger partial charge on any atom is 0.316 e. The van der Waals surface area contributed by atoms with E-state index in [4.69, 9.17) is 0 Å². The summed E-state index contributed by atoms with van der Waals surface area (Å²) in [5.74, 6) is -2.59. The van der Waals surface area contributed by atoms with Crippen molar-refractivity contribution >= 4 is 35.3 Å². The third kappa shape index (κ3) is 6.96. The summed E-state index contributed by atoms with van der Waals surface area (Å²) in [7, 11) is 0. The first-order valence-electron chi connectivity index (χ1n) is 15.6. The van der Waals surface area contributed by atoms with E-state index in [0.29, 0.717) is 6.54 Å². The fourth-order valence-corrected chi connectivity index (χ4v) is 6.59. The van der Waals surface area contributed by atoms with Crippen molar-refractivity contribution in [3.63, 3.8) is 0 Å². The van der Waals surface area contributed by atoms with Crippen molar-refractivity contribution in [1.29, 1.82) is 0 Å². The highest BCUT2D eigenvalue weighted by molar-refractivity contribution is 6.38. The van der Waals surface area contributed by atoms with Gasteiger partial charge in [-0.1, -0.05) is 54.5 Å². The molecule has 0 bridgehead atoms. The summed E-state index contributed by atoms with van der Waals surface area (Å²) in [6, 6.07) is -4.03. The van der Waals surface area contributed by atoms with Crippen molar-refractivity contribution in [2.75, 3.05) is 13.1 Å². The molecule has 11 heteroatoms. The van der Waals surface area contributed by atoms with Crippen molar-refractivity contribution in [2.24, 2.45) is 40.4 Å². The van der Waals surface area contributed by atoms with Crippen LogP contribution in [0.3, 0.4) is 0 Å². The van der Waals surface area contributed by atoms with E-state index in [-0.39, 0.29) is 47.3 Å². The molecule has 43 heavy (non-hydrogen) atoms. The fraction of sp³-hybridized carbons (Fsp3) is 0.750. The van der Waals surface area contributed by atoms with Crippen LogP contribution >= 0.6 is 0 Å². The molecule has 1 saturated heterocycles. The molecule has 1 heterocycles. The lowest BCUT2D eigenvalue weighted by molar-refractivity contribution is -0.145. The molecule has 4 fully saturated rings. The van der Waals surface area contributed by atoms with Gasteiger partial charge in [0.25, 0.3) is 5.91 Å². The second kappa shape index (κ2) is 12.0. The van der Waals surface area contributed by atoms with Gasteiger partial charge in [0.1, 0.15) is 18.1 Å². The maximum absolute atomic E-state index is 14.2. The number of amides is 5. The lowest BCUT2D eigenvalue weighted by atomic mass is 9.85. The van der Waals surface area contributed by atoms with E-state index in [1.807, 2.05) is 34.6 Å². The lowest BCUT2D eigenvalue weighted by Gasteiger charge is -2.38. The Morgan fingerprint density at radius 1 is 0.977 bits per heavy atom. The summed E-state index contributed by atoms with van der Waals surface area (Å²) in [6.07, 6.45) is 4.59. The van der Waals surface area contributed by atoms with Crippen LogP contribution in [0, 0.1) is 40.4 Å². The highest BCUT2D eigenvalue weighted by Gasteiger charge is 2.70. The minimum atomic E-state index is -0.974. The molecule has 3 saturated carbocycles. The first kappa shape index (κ1) is 32.7. The number of ketones is 2. The number of urea groups is 1. The van der Waals surface area contributed by atoms with Crippen molar-refractivity contribution in [3.8, 4) is 0 Å². The molecule has 238 valence electrons. The van der Waals surface area contributed by atoms with E-state index >= 15 is 0 Å². The van der Waals surface area contributed by atoms with Crippen LogP contribution < -0.4 is 21.3 Å². The van der Waals surface area contributed by atoms with Gasteiger partial charge in [-0.05, 0) is 60.2 Å². The van der Waals surface area contributed by atoms with Crippen molar-refractivity contribution in [1.82, 2.24) is 26.2 Å². The van der Waals surface area contributed by atoms with E-state index in [2.05, 4.69) is 41.7 Å². The van der Waals surface area contributed by atoms with E-state index in [9.17, 15) is 28.8 Å². The van der Waals surface area contributed by atoms with E-state index in [0.717, 1.165) is 25.7 Å². The Morgan fingerprint density at radius 3 is 2.12 bits per heavy atom. The number of Topliss-reactive ketones (excluding diaryl/α,β-unsaturated/α-hetero) is 2. The number of carbonyl (C=O) groups excluding carboxylic acids is 6. The quantitative estimate of drug-likeness (QED) is 0.188. The van der Waals surface area contributed by atoms with Gasteiger partial charge in [-0.2, -0.15) is 0 Å². The molecule has 0 radical (unpaired) electrons. The predicted octanol–water partition coefficient (Wildman–Crippen LogP) is 1.95. The van der Waals surface area contributed by atoms with Crippen LogP contribution in [-0.4, -0.2) is 77.5 Å². The number of hydrogen-bond donors (Lipinski definition) is 4. The first-order chi connectivity index (χ1) is 20.0. The molecule has 0 aromatic carbocycles. The monoisotopic (exact) mass is 599 g/mol. The Bertz CT molecular complexity index is 1180. The molecule has 5 amide bonds. The predicted molar refractivity (Wildman–Crippen MR) is 160 cm³/mol. The molecule has 6 atom stereocenters. The summed E-state index contributed by atoms with van der Waals surface area (Å²) < 4.78 is 0. The van der Waals surface area contributed by atoms with Gasteiger partial charge in [-0.15, -0.1) is 6.58 Å². The van der Waals surface area contributed by atoms with Gasteiger partial charge in [0.2, 0.25) is 17.6 Å². The molecule has 11 nitrogen and oxygen atoms in total. The second-order valence-electron chi connectivity index (χ2n) is 14.9. The molecule has 3 aliphatic carbocycles. The zero-order valence-electron chi connectivity index (χ0n) is 26.6. The number of likely N-dealkylation sites (tertiary alicyclic amines) is 1. The van der Waals surface area contributed by atoms with Gasteiger partial charge in [0.15, 0.2) is 5.78 Å². The SMILES string of the molecule is C=CCNC(=O)C(=O)C(NC(=O)[C@@H]1[C@@H]2[C@H](CN1C(=O)[C@@H](NC(=O)N[C@H](C(=O)C1CC1)C(C)C)C(C)(C)C)C2(C)C)C1CC1. The number of nitrogens with zero attached hydrogens (tertiary/aromatic N) is 1. The van der Waals surface area contributed by atoms with Gasteiger partial charge in [-0.25, -0.2) is 4.79 Å². The molecule has 4 rings (SSSR count). The normalized spacial score (nSPS) is 26.0. The Balaban J connectivity index is 1.51. The third-order valence-electron chi connectivity index (χ3n) is 9.69. The largest absolute Gasteiger partial charge is 0.346 e. The molecule has 0 aromatic heterocycles. The fourth-order valence-electron chi connectivity index (χ4n) is 6.59. The Labute approximate surface area is 254 Å². The number of nitrogens with one attached hydrogen (secondary N) is 4. The number of carbonyl (C=O) groups is 6. The van der Waals surface area contributed by atoms with Crippen LogP contribution in [0.1, 0.15) is 74.1 Å². The highest BCUT2D eigenvalue weighted by atomic mass is 16.2. The van der Waals surface area contributed by atoms with Crippen LogP contribution in [0.25, 0.3) is 0 Å². The summed E-state index contributed by atoms with van der Waals surface area (Å²) in [5.41, 5.74) is -0.879. The summed E-state index contributed by atoms with van der Waals surface area (Å²) >= 11 is 0. The smallest absolute Gasteiger partial charge is 0.316 e. The molecule has 1 aliphatic heterocycles. The molecule has 4 N–H and O–H groups in total. The maximum atomic E-state index is 14.2. The van der Waals surface area contributed by atoms with Gasteiger partial charge in [0, 0.05) is 19.0 Å². The zero-order valence-corrected chi connectivity index (χ0v) is 26.6. The van der Waals surface area contributed by atoms with E-state index in [1.165, 1.54) is 11.0 Å². The molecule has 0 spiro atoms. The Morgan fingerprint density at radius 2 is 1.60 bits per heavy atom. The van der Waals surface area contributed by atoms with Crippen LogP contribution in [0.2, 0.25) is 0 Å². The van der Waals surface area contributed by atoms with Crippen LogP contribution in [-0.2, 0) is 24.0 Å². The number of fused-ring (bicyclic) bond motifs is 1. The number of hydrogen-bond acceptors (Lipinski definition) is 6. The van der Waals surface area contributed by atoms with E-state index < -0.39 is 59.1 Å². The van der Waals surface area contributed by atoms with Crippen molar-refractivity contribution < 1.29 is 28.8 Å². The summed E-state index contributed by atoms with van der Waals surface area (Å²) in [5, 5.41) is 11.0. The zero-order chi connectivity index (χ0) is 32.0. The molecular formula is C32H49N5O6. The lowest BCUT2D eigenvalue weighted by Crippen LogP contribution is -2.62. The third-order valence-corrected chi connectivity index (χ3v) is 9.69. The molecule has 0 aromatic rings. The minimum absolute atomic E-state index is 0.0142. The van der Waals surface area contributed by atoms with Crippen molar-refractivity contribution in [3.05, 3.63) is 12.7 Å². The molecular weight excluding hydrogens is 550 g/mol. The Hall–Kier alpha value is -3.24. The highest BCUT2D eigenvalue weighted by Crippen LogP contribution is 2.65. The molecule has 4 aliphatic rings. The molecule has 1 unspecified atom stereocenters. The number of piperidine rings is 1. The Kier molecular flexibility index (Phi) is 9.14. The van der Waals surface area contributed by atoms with Crippen LogP contribution in [0.4, 0.5) is 4.79 Å². The van der Waals surface area contributed by atoms with Gasteiger partial charge >= 0.3 is 6.03 Å².